The number of carbonyl (C=O) groups excluding carboxylic acids is 2. The predicted molar refractivity (Wildman–Crippen MR) is 135 cm³/mol. The van der Waals surface area contributed by atoms with Crippen molar-refractivity contribution in [3.8, 4) is 5.75 Å². The summed E-state index contributed by atoms with van der Waals surface area (Å²) in [7, 11) is 3.85. The molecule has 1 fully saturated rings. The van der Waals surface area contributed by atoms with Crippen LogP contribution in [-0.2, 0) is 15.0 Å². The van der Waals surface area contributed by atoms with Crippen molar-refractivity contribution in [1.82, 2.24) is 9.80 Å². The van der Waals surface area contributed by atoms with E-state index in [-0.39, 0.29) is 16.7 Å². The first-order valence-electron chi connectivity index (χ1n) is 11.7. The zero-order chi connectivity index (χ0) is 25.2. The van der Waals surface area contributed by atoms with Gasteiger partial charge in [-0.15, -0.1) is 0 Å². The van der Waals surface area contributed by atoms with Crippen molar-refractivity contribution in [3.63, 3.8) is 0 Å². The smallest absolute Gasteiger partial charge is 0.295 e. The van der Waals surface area contributed by atoms with Gasteiger partial charge in [-0.25, -0.2) is 0 Å². The molecule has 1 saturated heterocycles. The Morgan fingerprint density at radius 1 is 1.09 bits per heavy atom. The van der Waals surface area contributed by atoms with E-state index in [0.717, 1.165) is 22.4 Å². The SMILES string of the molecule is CCOc1ccc(C(O)=C2C(=O)C(=O)N(CCN(C)C)[C@@H]2c2ccc(C(C)(C)C)cc2)cc1C. The number of ether oxygens (including phenoxy) is 1. The number of likely N-dealkylation sites (tertiary alicyclic amines) is 1. The maximum Gasteiger partial charge on any atom is 0.295 e. The number of aliphatic hydroxyl groups is 1. The highest BCUT2D eigenvalue weighted by molar-refractivity contribution is 6.46. The minimum Gasteiger partial charge on any atom is -0.507 e. The number of ketones is 1. The molecule has 2 aromatic carbocycles. The van der Waals surface area contributed by atoms with Crippen LogP contribution in [0.5, 0.6) is 5.75 Å². The molecule has 0 aliphatic carbocycles. The van der Waals surface area contributed by atoms with Crippen molar-refractivity contribution in [2.24, 2.45) is 0 Å². The molecular formula is C28H36N2O4. The molecule has 0 unspecified atom stereocenters. The second-order valence-electron chi connectivity index (χ2n) is 10.1. The van der Waals surface area contributed by atoms with E-state index in [1.165, 1.54) is 0 Å². The molecule has 3 rings (SSSR count). The Hall–Kier alpha value is -3.12. The van der Waals surface area contributed by atoms with E-state index in [4.69, 9.17) is 4.74 Å². The van der Waals surface area contributed by atoms with Gasteiger partial charge in [-0.2, -0.15) is 0 Å². The summed E-state index contributed by atoms with van der Waals surface area (Å²) in [4.78, 5) is 29.8. The minimum absolute atomic E-state index is 0.0227. The van der Waals surface area contributed by atoms with Gasteiger partial charge in [0, 0.05) is 18.7 Å². The van der Waals surface area contributed by atoms with Gasteiger partial charge in [-0.3, -0.25) is 9.59 Å². The molecule has 1 atom stereocenters. The van der Waals surface area contributed by atoms with E-state index in [1.807, 2.05) is 57.1 Å². The fourth-order valence-electron chi connectivity index (χ4n) is 4.20. The first kappa shape index (κ1) is 25.5. The Morgan fingerprint density at radius 2 is 1.74 bits per heavy atom. The van der Waals surface area contributed by atoms with Crippen LogP contribution in [0.15, 0.2) is 48.0 Å². The van der Waals surface area contributed by atoms with Crippen molar-refractivity contribution in [2.45, 2.75) is 46.1 Å². The summed E-state index contributed by atoms with van der Waals surface area (Å²) in [6.45, 7) is 11.7. The number of nitrogens with zero attached hydrogens (tertiary/aromatic N) is 2. The van der Waals surface area contributed by atoms with Crippen LogP contribution in [-0.4, -0.2) is 60.4 Å². The summed E-state index contributed by atoms with van der Waals surface area (Å²) in [6.07, 6.45) is 0. The van der Waals surface area contributed by atoms with Crippen molar-refractivity contribution in [2.75, 3.05) is 33.8 Å². The van der Waals surface area contributed by atoms with Crippen molar-refractivity contribution in [3.05, 3.63) is 70.3 Å². The van der Waals surface area contributed by atoms with Crippen molar-refractivity contribution < 1.29 is 19.4 Å². The van der Waals surface area contributed by atoms with E-state index < -0.39 is 17.7 Å². The molecule has 1 aliphatic heterocycles. The maximum atomic E-state index is 13.2. The lowest BCUT2D eigenvalue weighted by atomic mass is 9.85. The van der Waals surface area contributed by atoms with Crippen LogP contribution in [0.1, 0.15) is 56.0 Å². The number of Topliss-reactive ketones (excluding diaryl/α,β-unsaturated/α-hetero) is 1. The highest BCUT2D eigenvalue weighted by Gasteiger charge is 2.46. The highest BCUT2D eigenvalue weighted by atomic mass is 16.5. The molecule has 0 radical (unpaired) electrons. The maximum absolute atomic E-state index is 13.2. The van der Waals surface area contributed by atoms with Crippen LogP contribution in [0.25, 0.3) is 5.76 Å². The van der Waals surface area contributed by atoms with E-state index >= 15 is 0 Å². The standard InChI is InChI=1S/C28H36N2O4/c1-8-34-22-14-11-20(17-18(22)2)25(31)23-24(19-9-12-21(13-10-19)28(3,4)5)30(16-15-29(6)7)27(33)26(23)32/h9-14,17,24,31H,8,15-16H2,1-7H3/t24-/m1/s1. The summed E-state index contributed by atoms with van der Waals surface area (Å²) < 4.78 is 5.60. The Morgan fingerprint density at radius 3 is 2.26 bits per heavy atom. The largest absolute Gasteiger partial charge is 0.507 e. The number of aryl methyl sites for hydroxylation is 1. The molecule has 0 spiro atoms. The second-order valence-corrected chi connectivity index (χ2v) is 10.1. The lowest BCUT2D eigenvalue weighted by Crippen LogP contribution is -2.35. The zero-order valence-corrected chi connectivity index (χ0v) is 21.3. The predicted octanol–water partition coefficient (Wildman–Crippen LogP) is 4.67. The lowest BCUT2D eigenvalue weighted by Gasteiger charge is -2.27. The molecule has 6 nitrogen and oxygen atoms in total. The molecular weight excluding hydrogens is 428 g/mol. The van der Waals surface area contributed by atoms with Gasteiger partial charge in [0.2, 0.25) is 0 Å². The Kier molecular flexibility index (Phi) is 7.51. The number of carbonyl (C=O) groups is 2. The number of aliphatic hydroxyl groups excluding tert-OH is 1. The average Bonchev–Trinajstić information content (AvgIpc) is 3.03. The first-order valence-corrected chi connectivity index (χ1v) is 11.7. The third-order valence-electron chi connectivity index (χ3n) is 6.17. The molecule has 0 bridgehead atoms. The van der Waals surface area contributed by atoms with Gasteiger partial charge >= 0.3 is 0 Å². The quantitative estimate of drug-likeness (QED) is 0.366. The monoisotopic (exact) mass is 464 g/mol. The second kappa shape index (κ2) is 10.0. The van der Waals surface area contributed by atoms with Gasteiger partial charge in [0.15, 0.2) is 0 Å². The van der Waals surface area contributed by atoms with Crippen molar-refractivity contribution >= 4 is 17.4 Å². The van der Waals surface area contributed by atoms with Crippen LogP contribution in [0.4, 0.5) is 0 Å². The number of hydrogen-bond donors (Lipinski definition) is 1. The average molecular weight is 465 g/mol. The first-order chi connectivity index (χ1) is 16.0. The van der Waals surface area contributed by atoms with Crippen LogP contribution < -0.4 is 4.74 Å². The molecule has 1 aliphatic rings. The number of benzene rings is 2. The number of rotatable bonds is 7. The Balaban J connectivity index is 2.13. The fraction of sp³-hybridized carbons (Fsp3) is 0.429. The summed E-state index contributed by atoms with van der Waals surface area (Å²) in [6, 6.07) is 12.6. The van der Waals surface area contributed by atoms with E-state index in [0.29, 0.717) is 25.3 Å². The van der Waals surface area contributed by atoms with Gasteiger partial charge in [0.25, 0.3) is 11.7 Å². The third kappa shape index (κ3) is 5.17. The zero-order valence-electron chi connectivity index (χ0n) is 21.3. The van der Waals surface area contributed by atoms with Gasteiger partial charge in [-0.1, -0.05) is 45.0 Å². The van der Waals surface area contributed by atoms with Gasteiger partial charge in [0.1, 0.15) is 11.5 Å². The van der Waals surface area contributed by atoms with E-state index in [1.54, 1.807) is 23.1 Å². The summed E-state index contributed by atoms with van der Waals surface area (Å²) in [5.41, 5.74) is 3.39. The summed E-state index contributed by atoms with van der Waals surface area (Å²) >= 11 is 0. The van der Waals surface area contributed by atoms with Gasteiger partial charge in [0.05, 0.1) is 18.2 Å². The lowest BCUT2D eigenvalue weighted by molar-refractivity contribution is -0.140. The van der Waals surface area contributed by atoms with Gasteiger partial charge in [-0.05, 0) is 68.2 Å². The molecule has 6 heteroatoms. The molecule has 0 saturated carbocycles. The summed E-state index contributed by atoms with van der Waals surface area (Å²) in [5.74, 6) is -0.690. The summed E-state index contributed by atoms with van der Waals surface area (Å²) in [5, 5.41) is 11.3. The molecule has 1 amide bonds. The van der Waals surface area contributed by atoms with Crippen molar-refractivity contribution in [1.29, 1.82) is 0 Å². The molecule has 1 heterocycles. The number of amides is 1. The Bertz CT molecular complexity index is 1090. The Labute approximate surface area is 202 Å². The molecule has 0 aromatic heterocycles. The van der Waals surface area contributed by atoms with Crippen LogP contribution in [0.2, 0.25) is 0 Å². The fourth-order valence-corrected chi connectivity index (χ4v) is 4.20. The number of likely N-dealkylation sites (N-methyl/N-ethyl adjacent to an activating group) is 1. The molecule has 34 heavy (non-hydrogen) atoms. The van der Waals surface area contributed by atoms with Gasteiger partial charge < -0.3 is 19.6 Å². The molecule has 182 valence electrons. The minimum atomic E-state index is -0.660. The highest BCUT2D eigenvalue weighted by Crippen LogP contribution is 2.40. The molecule has 2 aromatic rings. The van der Waals surface area contributed by atoms with Crippen LogP contribution in [0.3, 0.4) is 0 Å². The van der Waals surface area contributed by atoms with Crippen LogP contribution >= 0.6 is 0 Å². The van der Waals surface area contributed by atoms with Crippen LogP contribution in [0, 0.1) is 6.92 Å². The van der Waals surface area contributed by atoms with E-state index in [2.05, 4.69) is 20.8 Å². The normalized spacial score (nSPS) is 18.1. The molecule has 1 N–H and O–H groups in total. The van der Waals surface area contributed by atoms with E-state index in [9.17, 15) is 14.7 Å². The number of hydrogen-bond acceptors (Lipinski definition) is 5. The third-order valence-corrected chi connectivity index (χ3v) is 6.17. The topological polar surface area (TPSA) is 70.1 Å².